The van der Waals surface area contributed by atoms with Crippen molar-refractivity contribution < 1.29 is 9.53 Å². The van der Waals surface area contributed by atoms with Crippen LogP contribution in [0, 0.1) is 5.92 Å². The van der Waals surface area contributed by atoms with E-state index in [9.17, 15) is 4.79 Å². The standard InChI is InChI=1S/C17H27ClN2O2/c1-12(2)11-22-13(3)17(21)19-10-16(20(4)5)14-8-6-7-9-15(14)18/h6-9,12-13,16H,10-11H2,1-5H3,(H,19,21). The molecule has 0 aliphatic carbocycles. The Kier molecular flexibility index (Phi) is 7.87. The molecule has 0 aliphatic heterocycles. The highest BCUT2D eigenvalue weighted by Crippen LogP contribution is 2.25. The molecular weight excluding hydrogens is 300 g/mol. The number of amides is 1. The van der Waals surface area contributed by atoms with Crippen LogP contribution in [0.25, 0.3) is 0 Å². The summed E-state index contributed by atoms with van der Waals surface area (Å²) in [5.41, 5.74) is 1.00. The predicted molar refractivity (Wildman–Crippen MR) is 91.1 cm³/mol. The molecule has 5 heteroatoms. The Labute approximate surface area is 138 Å². The smallest absolute Gasteiger partial charge is 0.248 e. The number of halogens is 1. The lowest BCUT2D eigenvalue weighted by Gasteiger charge is -2.26. The number of carbonyl (C=O) groups excluding carboxylic acids is 1. The molecule has 1 amide bonds. The number of benzene rings is 1. The summed E-state index contributed by atoms with van der Waals surface area (Å²) in [5, 5.41) is 3.66. The minimum atomic E-state index is -0.448. The highest BCUT2D eigenvalue weighted by Gasteiger charge is 2.20. The van der Waals surface area contributed by atoms with Gasteiger partial charge in [-0.1, -0.05) is 43.6 Å². The molecule has 1 N–H and O–H groups in total. The van der Waals surface area contributed by atoms with Gasteiger partial charge in [0.15, 0.2) is 0 Å². The summed E-state index contributed by atoms with van der Waals surface area (Å²) in [7, 11) is 3.94. The Balaban J connectivity index is 2.62. The van der Waals surface area contributed by atoms with Crippen molar-refractivity contribution >= 4 is 17.5 Å². The quantitative estimate of drug-likeness (QED) is 0.798. The number of ether oxygens (including phenoxy) is 1. The van der Waals surface area contributed by atoms with Gasteiger partial charge in [-0.25, -0.2) is 0 Å². The van der Waals surface area contributed by atoms with E-state index >= 15 is 0 Å². The maximum Gasteiger partial charge on any atom is 0.248 e. The average molecular weight is 327 g/mol. The lowest BCUT2D eigenvalue weighted by Crippen LogP contribution is -2.40. The van der Waals surface area contributed by atoms with E-state index in [1.54, 1.807) is 6.92 Å². The van der Waals surface area contributed by atoms with E-state index in [2.05, 4.69) is 19.2 Å². The summed E-state index contributed by atoms with van der Waals surface area (Å²) in [4.78, 5) is 14.2. The SMILES string of the molecule is CC(C)COC(C)C(=O)NCC(c1ccccc1Cl)N(C)C. The third kappa shape index (κ3) is 5.95. The zero-order valence-corrected chi connectivity index (χ0v) is 14.9. The summed E-state index contributed by atoms with van der Waals surface area (Å²) in [6.45, 7) is 6.97. The van der Waals surface area contributed by atoms with Gasteiger partial charge >= 0.3 is 0 Å². The van der Waals surface area contributed by atoms with Crippen molar-refractivity contribution in [3.05, 3.63) is 34.9 Å². The Morgan fingerprint density at radius 1 is 1.27 bits per heavy atom. The van der Waals surface area contributed by atoms with Crippen LogP contribution in [0.3, 0.4) is 0 Å². The molecule has 1 aromatic rings. The first-order chi connectivity index (χ1) is 10.3. The van der Waals surface area contributed by atoms with Gasteiger partial charge in [-0.15, -0.1) is 0 Å². The first kappa shape index (κ1) is 18.9. The molecule has 0 aromatic heterocycles. The molecule has 1 rings (SSSR count). The molecule has 4 nitrogen and oxygen atoms in total. The lowest BCUT2D eigenvalue weighted by atomic mass is 10.1. The summed E-state index contributed by atoms with van der Waals surface area (Å²) < 4.78 is 5.54. The van der Waals surface area contributed by atoms with Crippen LogP contribution >= 0.6 is 11.6 Å². The maximum atomic E-state index is 12.1. The van der Waals surface area contributed by atoms with Gasteiger partial charge in [-0.2, -0.15) is 0 Å². The number of hydrogen-bond donors (Lipinski definition) is 1. The van der Waals surface area contributed by atoms with Crippen LogP contribution in [-0.2, 0) is 9.53 Å². The number of hydrogen-bond acceptors (Lipinski definition) is 3. The zero-order chi connectivity index (χ0) is 16.7. The number of likely N-dealkylation sites (N-methyl/N-ethyl adjacent to an activating group) is 1. The molecule has 1 aromatic carbocycles. The number of rotatable bonds is 8. The number of nitrogens with one attached hydrogen (secondary N) is 1. The Morgan fingerprint density at radius 2 is 1.91 bits per heavy atom. The van der Waals surface area contributed by atoms with Crippen molar-refractivity contribution in [3.8, 4) is 0 Å². The van der Waals surface area contributed by atoms with Crippen LogP contribution < -0.4 is 5.32 Å². The molecule has 2 atom stereocenters. The fourth-order valence-corrected chi connectivity index (χ4v) is 2.33. The topological polar surface area (TPSA) is 41.6 Å². The van der Waals surface area contributed by atoms with E-state index in [0.29, 0.717) is 24.1 Å². The molecule has 0 heterocycles. The molecule has 124 valence electrons. The molecule has 2 unspecified atom stereocenters. The lowest BCUT2D eigenvalue weighted by molar-refractivity contribution is -0.132. The van der Waals surface area contributed by atoms with Crippen LogP contribution in [0.1, 0.15) is 32.4 Å². The second-order valence-electron chi connectivity index (χ2n) is 6.12. The zero-order valence-electron chi connectivity index (χ0n) is 14.1. The van der Waals surface area contributed by atoms with Gasteiger partial charge in [-0.3, -0.25) is 4.79 Å². The first-order valence-electron chi connectivity index (χ1n) is 7.63. The molecule has 0 saturated heterocycles. The van der Waals surface area contributed by atoms with Crippen LogP contribution in [0.4, 0.5) is 0 Å². The third-order valence-corrected chi connectivity index (χ3v) is 3.75. The van der Waals surface area contributed by atoms with Crippen LogP contribution in [0.15, 0.2) is 24.3 Å². The molecule has 0 radical (unpaired) electrons. The van der Waals surface area contributed by atoms with Crippen molar-refractivity contribution in [2.24, 2.45) is 5.92 Å². The Hall–Kier alpha value is -1.10. The summed E-state index contributed by atoms with van der Waals surface area (Å²) in [6.07, 6.45) is -0.448. The molecule has 0 saturated carbocycles. The summed E-state index contributed by atoms with van der Waals surface area (Å²) in [6, 6.07) is 7.73. The minimum Gasteiger partial charge on any atom is -0.368 e. The van der Waals surface area contributed by atoms with Gasteiger partial charge in [0.25, 0.3) is 0 Å². The van der Waals surface area contributed by atoms with Gasteiger partial charge in [0.2, 0.25) is 5.91 Å². The molecule has 0 bridgehead atoms. The first-order valence-corrected chi connectivity index (χ1v) is 8.00. The van der Waals surface area contributed by atoms with Crippen molar-refractivity contribution in [1.82, 2.24) is 10.2 Å². The third-order valence-electron chi connectivity index (χ3n) is 3.41. The molecule has 0 aliphatic rings. The second kappa shape index (κ2) is 9.13. The van der Waals surface area contributed by atoms with Gasteiger partial charge < -0.3 is 15.0 Å². The average Bonchev–Trinajstić information content (AvgIpc) is 2.46. The van der Waals surface area contributed by atoms with Crippen molar-refractivity contribution in [1.29, 1.82) is 0 Å². The van der Waals surface area contributed by atoms with Crippen molar-refractivity contribution in [3.63, 3.8) is 0 Å². The van der Waals surface area contributed by atoms with Gasteiger partial charge in [0.05, 0.1) is 6.04 Å². The number of carbonyl (C=O) groups is 1. The summed E-state index contributed by atoms with van der Waals surface area (Å²) >= 11 is 6.26. The highest BCUT2D eigenvalue weighted by molar-refractivity contribution is 6.31. The van der Waals surface area contributed by atoms with Crippen LogP contribution in [-0.4, -0.2) is 44.2 Å². The van der Waals surface area contributed by atoms with E-state index < -0.39 is 6.10 Å². The van der Waals surface area contributed by atoms with E-state index in [0.717, 1.165) is 5.56 Å². The Morgan fingerprint density at radius 3 is 2.45 bits per heavy atom. The Bertz CT molecular complexity index is 477. The van der Waals surface area contributed by atoms with E-state index in [1.165, 1.54) is 0 Å². The fourth-order valence-electron chi connectivity index (χ4n) is 2.07. The van der Waals surface area contributed by atoms with Gasteiger partial charge in [0, 0.05) is 18.2 Å². The molecular formula is C17H27ClN2O2. The van der Waals surface area contributed by atoms with E-state index in [-0.39, 0.29) is 11.9 Å². The molecule has 0 spiro atoms. The summed E-state index contributed by atoms with van der Waals surface area (Å²) in [5.74, 6) is 0.312. The molecule has 0 fully saturated rings. The van der Waals surface area contributed by atoms with E-state index in [4.69, 9.17) is 16.3 Å². The van der Waals surface area contributed by atoms with Crippen LogP contribution in [0.5, 0.6) is 0 Å². The van der Waals surface area contributed by atoms with Crippen LogP contribution in [0.2, 0.25) is 5.02 Å². The van der Waals surface area contributed by atoms with Gasteiger partial charge in [-0.05, 0) is 38.6 Å². The van der Waals surface area contributed by atoms with Crippen molar-refractivity contribution in [2.45, 2.75) is 32.9 Å². The minimum absolute atomic E-state index is 0.0231. The predicted octanol–water partition coefficient (Wildman–Crippen LogP) is 3.12. The van der Waals surface area contributed by atoms with E-state index in [1.807, 2.05) is 43.3 Å². The second-order valence-corrected chi connectivity index (χ2v) is 6.52. The monoisotopic (exact) mass is 326 g/mol. The largest absolute Gasteiger partial charge is 0.368 e. The van der Waals surface area contributed by atoms with Gasteiger partial charge in [0.1, 0.15) is 6.10 Å². The maximum absolute atomic E-state index is 12.1. The highest BCUT2D eigenvalue weighted by atomic mass is 35.5. The van der Waals surface area contributed by atoms with Crippen molar-refractivity contribution in [2.75, 3.05) is 27.2 Å². The normalized spacial score (nSPS) is 14.2. The molecule has 22 heavy (non-hydrogen) atoms. The fraction of sp³-hybridized carbons (Fsp3) is 0.588. The number of nitrogens with zero attached hydrogens (tertiary/aromatic N) is 1.